The lowest BCUT2D eigenvalue weighted by Gasteiger charge is -2.04. The maximum absolute atomic E-state index is 10.7. The Morgan fingerprint density at radius 1 is 1.54 bits per heavy atom. The quantitative estimate of drug-likeness (QED) is 0.206. The van der Waals surface area contributed by atoms with Crippen LogP contribution in [0.4, 0.5) is 0 Å². The van der Waals surface area contributed by atoms with Crippen molar-refractivity contribution < 1.29 is 4.79 Å². The SMILES string of the molecule is CCCCCCC(N=[N+]=[N-])C(=O)Cl. The predicted octanol–water partition coefficient (Wildman–Crippen LogP) is 3.40. The summed E-state index contributed by atoms with van der Waals surface area (Å²) < 4.78 is 0. The molecule has 0 fully saturated rings. The summed E-state index contributed by atoms with van der Waals surface area (Å²) in [4.78, 5) is 13.3. The molecule has 0 N–H and O–H groups in total. The lowest BCUT2D eigenvalue weighted by Crippen LogP contribution is -2.11. The Hall–Kier alpha value is -0.730. The van der Waals surface area contributed by atoms with Crippen LogP contribution in [0.15, 0.2) is 5.11 Å². The molecule has 1 unspecified atom stereocenters. The molecule has 0 aromatic rings. The Kier molecular flexibility index (Phi) is 7.45. The predicted molar refractivity (Wildman–Crippen MR) is 52.6 cm³/mol. The van der Waals surface area contributed by atoms with Gasteiger partial charge in [-0.25, -0.2) is 0 Å². The second-order valence-electron chi connectivity index (χ2n) is 2.87. The fraction of sp³-hybridized carbons (Fsp3) is 0.875. The number of carbonyl (C=O) groups excluding carboxylic acids is 1. The van der Waals surface area contributed by atoms with Crippen LogP contribution in [-0.2, 0) is 4.79 Å². The molecule has 0 saturated carbocycles. The lowest BCUT2D eigenvalue weighted by atomic mass is 10.1. The molecule has 0 rings (SSSR count). The van der Waals surface area contributed by atoms with E-state index >= 15 is 0 Å². The maximum Gasteiger partial charge on any atom is 0.230 e. The highest BCUT2D eigenvalue weighted by Gasteiger charge is 2.12. The monoisotopic (exact) mass is 203 g/mol. The van der Waals surface area contributed by atoms with Gasteiger partial charge < -0.3 is 0 Å². The van der Waals surface area contributed by atoms with Gasteiger partial charge in [-0.2, -0.15) is 0 Å². The lowest BCUT2D eigenvalue weighted by molar-refractivity contribution is -0.112. The number of hydrogen-bond acceptors (Lipinski definition) is 2. The summed E-state index contributed by atoms with van der Waals surface area (Å²) in [6.45, 7) is 2.11. The van der Waals surface area contributed by atoms with Gasteiger partial charge in [-0.05, 0) is 23.6 Å². The molecular weight excluding hydrogens is 190 g/mol. The first kappa shape index (κ1) is 12.3. The fourth-order valence-electron chi connectivity index (χ4n) is 1.04. The first-order valence-electron chi connectivity index (χ1n) is 4.46. The van der Waals surface area contributed by atoms with Gasteiger partial charge in [0.1, 0.15) is 6.04 Å². The molecule has 1 atom stereocenters. The van der Waals surface area contributed by atoms with Gasteiger partial charge in [-0.15, -0.1) is 0 Å². The summed E-state index contributed by atoms with van der Waals surface area (Å²) in [5.41, 5.74) is 8.14. The summed E-state index contributed by atoms with van der Waals surface area (Å²) in [5.74, 6) is 0. The van der Waals surface area contributed by atoms with E-state index in [1.54, 1.807) is 0 Å². The number of nitrogens with zero attached hydrogens (tertiary/aromatic N) is 3. The third-order valence-electron chi connectivity index (χ3n) is 1.78. The third-order valence-corrected chi connectivity index (χ3v) is 2.04. The standard InChI is InChI=1S/C8H14ClN3O/c1-2-3-4-5-6-7(8(9)13)11-12-10/h7H,2-6H2,1H3. The molecule has 74 valence electrons. The number of carbonyl (C=O) groups is 1. The van der Waals surface area contributed by atoms with Crippen LogP contribution in [0.1, 0.15) is 39.0 Å². The molecule has 0 spiro atoms. The highest BCUT2D eigenvalue weighted by Crippen LogP contribution is 2.10. The van der Waals surface area contributed by atoms with E-state index in [9.17, 15) is 4.79 Å². The van der Waals surface area contributed by atoms with Crippen LogP contribution in [0.3, 0.4) is 0 Å². The zero-order chi connectivity index (χ0) is 10.1. The van der Waals surface area contributed by atoms with E-state index < -0.39 is 11.3 Å². The number of halogens is 1. The highest BCUT2D eigenvalue weighted by molar-refractivity contribution is 6.64. The Morgan fingerprint density at radius 2 is 2.23 bits per heavy atom. The van der Waals surface area contributed by atoms with Gasteiger partial charge in [0.25, 0.3) is 0 Å². The minimum absolute atomic E-state index is 0.561. The molecule has 0 bridgehead atoms. The van der Waals surface area contributed by atoms with Crippen molar-refractivity contribution in [1.29, 1.82) is 0 Å². The van der Waals surface area contributed by atoms with E-state index in [0.29, 0.717) is 6.42 Å². The molecule has 0 radical (unpaired) electrons. The zero-order valence-electron chi connectivity index (χ0n) is 7.74. The average molecular weight is 204 g/mol. The van der Waals surface area contributed by atoms with Crippen molar-refractivity contribution >= 4 is 16.8 Å². The van der Waals surface area contributed by atoms with Crippen molar-refractivity contribution in [1.82, 2.24) is 0 Å². The van der Waals surface area contributed by atoms with Crippen LogP contribution in [0.5, 0.6) is 0 Å². The van der Waals surface area contributed by atoms with Crippen LogP contribution >= 0.6 is 11.6 Å². The average Bonchev–Trinajstić information content (AvgIpc) is 2.10. The van der Waals surface area contributed by atoms with Gasteiger partial charge in [0.2, 0.25) is 5.24 Å². The van der Waals surface area contributed by atoms with Crippen LogP contribution in [-0.4, -0.2) is 11.3 Å². The van der Waals surface area contributed by atoms with Crippen molar-refractivity contribution in [3.8, 4) is 0 Å². The second-order valence-corrected chi connectivity index (χ2v) is 3.25. The van der Waals surface area contributed by atoms with Gasteiger partial charge >= 0.3 is 0 Å². The molecule has 0 aromatic carbocycles. The van der Waals surface area contributed by atoms with Crippen LogP contribution in [0.25, 0.3) is 10.4 Å². The summed E-state index contributed by atoms with van der Waals surface area (Å²) in [5, 5.41) is 2.76. The van der Waals surface area contributed by atoms with Gasteiger partial charge in [0, 0.05) is 4.91 Å². The third kappa shape index (κ3) is 6.43. The number of hydrogen-bond donors (Lipinski definition) is 0. The molecule has 0 amide bonds. The normalized spacial score (nSPS) is 11.8. The largest absolute Gasteiger partial charge is 0.281 e. The van der Waals surface area contributed by atoms with E-state index in [2.05, 4.69) is 16.9 Å². The van der Waals surface area contributed by atoms with Crippen molar-refractivity contribution in [2.24, 2.45) is 5.11 Å². The molecule has 4 nitrogen and oxygen atoms in total. The Bertz CT molecular complexity index is 200. The summed E-state index contributed by atoms with van der Waals surface area (Å²) >= 11 is 5.23. The summed E-state index contributed by atoms with van der Waals surface area (Å²) in [7, 11) is 0. The molecule has 0 aliphatic rings. The second kappa shape index (κ2) is 7.90. The van der Waals surface area contributed by atoms with Gasteiger partial charge in [0.05, 0.1) is 0 Å². The van der Waals surface area contributed by atoms with Crippen molar-refractivity contribution in [2.75, 3.05) is 0 Å². The number of rotatable bonds is 7. The molecule has 0 aromatic heterocycles. The first-order valence-corrected chi connectivity index (χ1v) is 4.83. The smallest absolute Gasteiger partial charge is 0.230 e. The molecule has 0 aliphatic carbocycles. The van der Waals surface area contributed by atoms with E-state index in [0.717, 1.165) is 25.7 Å². The Balaban J connectivity index is 3.70. The summed E-state index contributed by atoms with van der Waals surface area (Å²) in [6, 6.07) is -0.677. The van der Waals surface area contributed by atoms with Gasteiger partial charge in [-0.1, -0.05) is 37.7 Å². The molecular formula is C8H14ClN3O. The first-order chi connectivity index (χ1) is 6.22. The molecule has 0 heterocycles. The summed E-state index contributed by atoms with van der Waals surface area (Å²) in [6.07, 6.45) is 4.78. The highest BCUT2D eigenvalue weighted by atomic mass is 35.5. The fourth-order valence-corrected chi connectivity index (χ4v) is 1.20. The minimum atomic E-state index is -0.677. The molecule has 13 heavy (non-hydrogen) atoms. The number of azide groups is 1. The molecule has 0 aliphatic heterocycles. The van der Waals surface area contributed by atoms with Crippen molar-refractivity contribution in [3.05, 3.63) is 10.4 Å². The van der Waals surface area contributed by atoms with E-state index in [1.165, 1.54) is 0 Å². The molecule has 5 heteroatoms. The van der Waals surface area contributed by atoms with E-state index in [-0.39, 0.29) is 0 Å². The van der Waals surface area contributed by atoms with Gasteiger partial charge in [-0.3, -0.25) is 4.79 Å². The van der Waals surface area contributed by atoms with Crippen LogP contribution < -0.4 is 0 Å². The van der Waals surface area contributed by atoms with Crippen molar-refractivity contribution in [2.45, 2.75) is 45.1 Å². The van der Waals surface area contributed by atoms with E-state index in [1.807, 2.05) is 0 Å². The van der Waals surface area contributed by atoms with Crippen molar-refractivity contribution in [3.63, 3.8) is 0 Å². The minimum Gasteiger partial charge on any atom is -0.281 e. The van der Waals surface area contributed by atoms with Crippen LogP contribution in [0, 0.1) is 0 Å². The topological polar surface area (TPSA) is 65.8 Å². The zero-order valence-corrected chi connectivity index (χ0v) is 8.50. The maximum atomic E-state index is 10.7. The van der Waals surface area contributed by atoms with E-state index in [4.69, 9.17) is 17.1 Å². The van der Waals surface area contributed by atoms with Gasteiger partial charge in [0.15, 0.2) is 0 Å². The Labute approximate surface area is 82.9 Å². The number of unbranched alkanes of at least 4 members (excludes halogenated alkanes) is 3. The van der Waals surface area contributed by atoms with Crippen LogP contribution in [0.2, 0.25) is 0 Å². The Morgan fingerprint density at radius 3 is 2.69 bits per heavy atom. The molecule has 0 saturated heterocycles.